The van der Waals surface area contributed by atoms with Gasteiger partial charge in [0.2, 0.25) is 0 Å². The smallest absolute Gasteiger partial charge is 0.257 e. The molecular formula is C23H23NO4. The van der Waals surface area contributed by atoms with Crippen LogP contribution in [0, 0.1) is 12.8 Å². The van der Waals surface area contributed by atoms with Crippen molar-refractivity contribution in [1.29, 1.82) is 0 Å². The molecule has 2 aromatic carbocycles. The molecule has 1 aromatic heterocycles. The highest BCUT2D eigenvalue weighted by Crippen LogP contribution is 2.26. The molecule has 2 heterocycles. The lowest BCUT2D eigenvalue weighted by Crippen LogP contribution is -2.42. The Labute approximate surface area is 163 Å². The molecule has 0 spiro atoms. The molecule has 0 unspecified atom stereocenters. The molecule has 0 N–H and O–H groups in total. The van der Waals surface area contributed by atoms with Gasteiger partial charge in [-0.05, 0) is 54.8 Å². The van der Waals surface area contributed by atoms with E-state index in [-0.39, 0.29) is 17.6 Å². The van der Waals surface area contributed by atoms with Gasteiger partial charge in [-0.1, -0.05) is 18.2 Å². The van der Waals surface area contributed by atoms with Crippen molar-refractivity contribution in [2.45, 2.75) is 19.8 Å². The fourth-order valence-electron chi connectivity index (χ4n) is 3.89. The maximum Gasteiger partial charge on any atom is 0.257 e. The number of carbonyl (C=O) groups is 2. The first kappa shape index (κ1) is 18.3. The van der Waals surface area contributed by atoms with E-state index in [2.05, 4.69) is 0 Å². The minimum atomic E-state index is -0.180. The summed E-state index contributed by atoms with van der Waals surface area (Å²) in [6.07, 6.45) is 3.15. The molecule has 5 nitrogen and oxygen atoms in total. The minimum Gasteiger partial charge on any atom is -0.497 e. The molecule has 28 heavy (non-hydrogen) atoms. The van der Waals surface area contributed by atoms with Gasteiger partial charge >= 0.3 is 0 Å². The molecule has 1 amide bonds. The van der Waals surface area contributed by atoms with Crippen molar-refractivity contribution >= 4 is 22.5 Å². The Balaban J connectivity index is 1.53. The number of nitrogens with zero attached hydrogens (tertiary/aromatic N) is 1. The summed E-state index contributed by atoms with van der Waals surface area (Å²) in [5.41, 5.74) is 1.27. The molecule has 4 rings (SSSR count). The Hall–Kier alpha value is -3.08. The summed E-state index contributed by atoms with van der Waals surface area (Å²) in [5.74, 6) is 1.26. The zero-order valence-electron chi connectivity index (χ0n) is 16.1. The van der Waals surface area contributed by atoms with Crippen LogP contribution in [-0.2, 0) is 0 Å². The summed E-state index contributed by atoms with van der Waals surface area (Å²) >= 11 is 0. The molecule has 1 saturated heterocycles. The zero-order valence-corrected chi connectivity index (χ0v) is 16.1. The first-order chi connectivity index (χ1) is 13.6. The summed E-state index contributed by atoms with van der Waals surface area (Å²) < 4.78 is 10.5. The molecule has 1 aliphatic rings. The van der Waals surface area contributed by atoms with Crippen molar-refractivity contribution in [3.63, 3.8) is 0 Å². The fourth-order valence-corrected chi connectivity index (χ4v) is 3.89. The number of amides is 1. The van der Waals surface area contributed by atoms with Gasteiger partial charge in [0.25, 0.3) is 5.91 Å². The normalized spacial score (nSPS) is 16.9. The fraction of sp³-hybridized carbons (Fsp3) is 0.304. The van der Waals surface area contributed by atoms with E-state index in [4.69, 9.17) is 9.15 Å². The highest BCUT2D eigenvalue weighted by Gasteiger charge is 2.30. The lowest BCUT2D eigenvalue weighted by atomic mass is 9.89. The van der Waals surface area contributed by atoms with Gasteiger partial charge in [0.15, 0.2) is 5.78 Å². The number of Topliss-reactive ketones (excluding diaryl/α,β-unsaturated/α-hetero) is 1. The average Bonchev–Trinajstić information content (AvgIpc) is 3.17. The first-order valence-corrected chi connectivity index (χ1v) is 9.52. The lowest BCUT2D eigenvalue weighted by Gasteiger charge is -2.32. The molecular weight excluding hydrogens is 354 g/mol. The molecule has 0 bridgehead atoms. The van der Waals surface area contributed by atoms with E-state index in [9.17, 15) is 9.59 Å². The van der Waals surface area contributed by atoms with Crippen LogP contribution in [0.1, 0.15) is 39.3 Å². The predicted molar refractivity (Wildman–Crippen MR) is 107 cm³/mol. The van der Waals surface area contributed by atoms with E-state index in [1.807, 2.05) is 36.4 Å². The second kappa shape index (κ2) is 7.50. The number of aryl methyl sites for hydroxylation is 1. The zero-order chi connectivity index (χ0) is 19.7. The number of hydrogen-bond acceptors (Lipinski definition) is 4. The molecule has 0 radical (unpaired) electrons. The van der Waals surface area contributed by atoms with Crippen LogP contribution < -0.4 is 4.74 Å². The summed E-state index contributed by atoms with van der Waals surface area (Å²) in [7, 11) is 1.64. The Morgan fingerprint density at radius 3 is 2.64 bits per heavy atom. The number of hydrogen-bond donors (Lipinski definition) is 0. The predicted octanol–water partition coefficient (Wildman–Crippen LogP) is 4.48. The first-order valence-electron chi connectivity index (χ1n) is 9.52. The van der Waals surface area contributed by atoms with E-state index < -0.39 is 0 Å². The van der Waals surface area contributed by atoms with E-state index >= 15 is 0 Å². The van der Waals surface area contributed by atoms with Crippen LogP contribution in [0.2, 0.25) is 0 Å². The van der Waals surface area contributed by atoms with E-state index in [1.165, 1.54) is 6.26 Å². The van der Waals surface area contributed by atoms with Crippen molar-refractivity contribution in [2.75, 3.05) is 20.2 Å². The average molecular weight is 377 g/mol. The molecule has 0 saturated carbocycles. The van der Waals surface area contributed by atoms with Crippen LogP contribution in [0.3, 0.4) is 0 Å². The van der Waals surface area contributed by atoms with Crippen LogP contribution in [0.25, 0.3) is 10.8 Å². The van der Waals surface area contributed by atoms with Gasteiger partial charge in [-0.3, -0.25) is 9.59 Å². The number of piperidine rings is 1. The van der Waals surface area contributed by atoms with Gasteiger partial charge in [-0.15, -0.1) is 0 Å². The number of methoxy groups -OCH3 is 1. The quantitative estimate of drug-likeness (QED) is 0.629. The molecule has 144 valence electrons. The highest BCUT2D eigenvalue weighted by atomic mass is 16.5. The maximum atomic E-state index is 13.1. The number of ether oxygens (including phenoxy) is 1. The number of benzene rings is 2. The van der Waals surface area contributed by atoms with Gasteiger partial charge < -0.3 is 14.1 Å². The summed E-state index contributed by atoms with van der Waals surface area (Å²) in [6, 6.07) is 13.3. The topological polar surface area (TPSA) is 59.8 Å². The highest BCUT2D eigenvalue weighted by molar-refractivity contribution is 6.02. The van der Waals surface area contributed by atoms with Crippen LogP contribution in [-0.4, -0.2) is 36.8 Å². The number of furan rings is 1. The Morgan fingerprint density at radius 1 is 1.11 bits per heavy atom. The van der Waals surface area contributed by atoms with Gasteiger partial charge in [0, 0.05) is 24.6 Å². The molecule has 1 fully saturated rings. The van der Waals surface area contributed by atoms with Crippen LogP contribution in [0.5, 0.6) is 5.75 Å². The van der Waals surface area contributed by atoms with E-state index in [0.29, 0.717) is 30.0 Å². The third kappa shape index (κ3) is 3.40. The third-order valence-corrected chi connectivity index (χ3v) is 5.50. The minimum absolute atomic E-state index is 0.0608. The second-order valence-electron chi connectivity index (χ2n) is 7.27. The number of carbonyl (C=O) groups excluding carboxylic acids is 2. The van der Waals surface area contributed by atoms with Gasteiger partial charge in [0.1, 0.15) is 11.5 Å². The molecule has 1 atom stereocenters. The van der Waals surface area contributed by atoms with Crippen molar-refractivity contribution in [1.82, 2.24) is 4.90 Å². The number of ketones is 1. The van der Waals surface area contributed by atoms with Gasteiger partial charge in [-0.2, -0.15) is 0 Å². The Kier molecular flexibility index (Phi) is 4.90. The van der Waals surface area contributed by atoms with Crippen molar-refractivity contribution in [3.8, 4) is 5.75 Å². The molecule has 5 heteroatoms. The molecule has 0 aliphatic carbocycles. The van der Waals surface area contributed by atoms with Crippen LogP contribution >= 0.6 is 0 Å². The van der Waals surface area contributed by atoms with Crippen LogP contribution in [0.15, 0.2) is 53.1 Å². The standard InChI is InChI=1S/C23H23NO4/c1-15-21(9-11-28-15)23(26)24-10-3-4-19(14-24)22(25)18-6-5-17-13-20(27-2)8-7-16(17)12-18/h5-9,11-13,19H,3-4,10,14H2,1-2H3/t19-/m0/s1. The molecule has 3 aromatic rings. The second-order valence-corrected chi connectivity index (χ2v) is 7.27. The summed E-state index contributed by atoms with van der Waals surface area (Å²) in [6.45, 7) is 2.90. The van der Waals surface area contributed by atoms with Crippen molar-refractivity contribution < 1.29 is 18.7 Å². The Bertz CT molecular complexity index is 1040. The number of fused-ring (bicyclic) bond motifs is 1. The van der Waals surface area contributed by atoms with Crippen molar-refractivity contribution in [2.24, 2.45) is 5.92 Å². The molecule has 1 aliphatic heterocycles. The van der Waals surface area contributed by atoms with E-state index in [1.54, 1.807) is 25.0 Å². The Morgan fingerprint density at radius 2 is 1.89 bits per heavy atom. The summed E-state index contributed by atoms with van der Waals surface area (Å²) in [5, 5.41) is 2.04. The largest absolute Gasteiger partial charge is 0.497 e. The number of likely N-dealkylation sites (tertiary alicyclic amines) is 1. The van der Waals surface area contributed by atoms with Crippen LogP contribution in [0.4, 0.5) is 0 Å². The van der Waals surface area contributed by atoms with Gasteiger partial charge in [-0.25, -0.2) is 0 Å². The SMILES string of the molecule is COc1ccc2cc(C(=O)[C@H]3CCCN(C(=O)c4ccoc4C)C3)ccc2c1. The lowest BCUT2D eigenvalue weighted by molar-refractivity contribution is 0.0635. The van der Waals surface area contributed by atoms with E-state index in [0.717, 1.165) is 29.4 Å². The third-order valence-electron chi connectivity index (χ3n) is 5.50. The van der Waals surface area contributed by atoms with Gasteiger partial charge in [0.05, 0.1) is 18.9 Å². The number of rotatable bonds is 4. The summed E-state index contributed by atoms with van der Waals surface area (Å²) in [4.78, 5) is 27.6. The van der Waals surface area contributed by atoms with Crippen molar-refractivity contribution in [3.05, 3.63) is 65.6 Å². The monoisotopic (exact) mass is 377 g/mol. The maximum absolute atomic E-state index is 13.1.